The minimum absolute atomic E-state index is 0.0636. The molecule has 0 spiro atoms. The number of urea groups is 1. The predicted octanol–water partition coefficient (Wildman–Crippen LogP) is 3.63. The lowest BCUT2D eigenvalue weighted by Gasteiger charge is -2.41. The van der Waals surface area contributed by atoms with E-state index in [2.05, 4.69) is 31.8 Å². The molecule has 2 aromatic heterocycles. The molecule has 0 radical (unpaired) electrons. The van der Waals surface area contributed by atoms with E-state index in [4.69, 9.17) is 9.47 Å². The topological polar surface area (TPSA) is 106 Å². The van der Waals surface area contributed by atoms with Crippen LogP contribution in [0.15, 0.2) is 36.7 Å². The average Bonchev–Trinajstić information content (AvgIpc) is 3.22. The zero-order valence-electron chi connectivity index (χ0n) is 21.2. The highest BCUT2D eigenvalue weighted by atomic mass is 16.5. The smallest absolute Gasteiger partial charge is 0.317 e. The molecular formula is C26H33N7O3. The van der Waals surface area contributed by atoms with Crippen LogP contribution in [0.2, 0.25) is 0 Å². The Morgan fingerprint density at radius 1 is 1.17 bits per heavy atom. The lowest BCUT2D eigenvalue weighted by molar-refractivity contribution is -0.111. The van der Waals surface area contributed by atoms with Crippen molar-refractivity contribution in [2.75, 3.05) is 25.0 Å². The first-order valence-electron chi connectivity index (χ1n) is 12.3. The van der Waals surface area contributed by atoms with Gasteiger partial charge in [-0.2, -0.15) is 5.10 Å². The van der Waals surface area contributed by atoms with Crippen molar-refractivity contribution < 1.29 is 14.3 Å². The molecule has 0 saturated carbocycles. The molecule has 2 aliphatic rings. The van der Waals surface area contributed by atoms with E-state index >= 15 is 0 Å². The van der Waals surface area contributed by atoms with Crippen molar-refractivity contribution >= 4 is 17.7 Å². The van der Waals surface area contributed by atoms with Gasteiger partial charge < -0.3 is 25.0 Å². The molecule has 2 aliphatic heterocycles. The molecule has 36 heavy (non-hydrogen) atoms. The summed E-state index contributed by atoms with van der Waals surface area (Å²) >= 11 is 0. The third kappa shape index (κ3) is 5.66. The molecule has 10 nitrogen and oxygen atoms in total. The van der Waals surface area contributed by atoms with Crippen LogP contribution in [0.3, 0.4) is 0 Å². The first kappa shape index (κ1) is 24.2. The number of ether oxygens (including phenoxy) is 2. The number of nitrogens with one attached hydrogen (secondary N) is 2. The minimum Gasteiger partial charge on any atom is -0.373 e. The van der Waals surface area contributed by atoms with Crippen LogP contribution in [0.25, 0.3) is 11.3 Å². The summed E-state index contributed by atoms with van der Waals surface area (Å²) in [7, 11) is 0. The van der Waals surface area contributed by atoms with Gasteiger partial charge in [-0.05, 0) is 44.9 Å². The van der Waals surface area contributed by atoms with Crippen LogP contribution in [0.4, 0.5) is 16.4 Å². The number of fused-ring (bicyclic) bond motifs is 1. The average molecular weight is 492 g/mol. The summed E-state index contributed by atoms with van der Waals surface area (Å²) in [6.45, 7) is 11.9. The number of hydrogen-bond acceptors (Lipinski definition) is 7. The van der Waals surface area contributed by atoms with Gasteiger partial charge in [0.2, 0.25) is 0 Å². The summed E-state index contributed by atoms with van der Waals surface area (Å²) in [4.78, 5) is 23.1. The summed E-state index contributed by atoms with van der Waals surface area (Å²) < 4.78 is 13.3. The standard InChI is InChI=1S/C26H33N7O3/c1-17-9-18(5-6-19(17)12-27-25(34)32-13-21(14-32)36-26(2,3)4)22-11-23(29-16-28-22)30-24-10-20-15-35-8-7-33(20)31-24/h5-6,9-11,16,21H,7-8,12-15H2,1-4H3,(H,27,34)(H,28,29,30,31). The molecule has 190 valence electrons. The van der Waals surface area contributed by atoms with Gasteiger partial charge in [-0.25, -0.2) is 14.8 Å². The Balaban J connectivity index is 1.18. The van der Waals surface area contributed by atoms with Crippen LogP contribution in [0.5, 0.6) is 0 Å². The lowest BCUT2D eigenvalue weighted by Crippen LogP contribution is -2.59. The van der Waals surface area contributed by atoms with Gasteiger partial charge in [-0.15, -0.1) is 0 Å². The SMILES string of the molecule is Cc1cc(-c2cc(Nc3cc4n(n3)CCOC4)ncn2)ccc1CNC(=O)N1CC(OC(C)(C)C)C1. The lowest BCUT2D eigenvalue weighted by atomic mass is 10.0. The van der Waals surface area contributed by atoms with Crippen LogP contribution in [-0.4, -0.2) is 62.1 Å². The van der Waals surface area contributed by atoms with Crippen molar-refractivity contribution in [1.29, 1.82) is 0 Å². The van der Waals surface area contributed by atoms with Gasteiger partial charge in [0.05, 0.1) is 55.9 Å². The number of likely N-dealkylation sites (tertiary alicyclic amines) is 1. The Kier molecular flexibility index (Phi) is 6.63. The Bertz CT molecular complexity index is 1220. The van der Waals surface area contributed by atoms with Crippen LogP contribution in [-0.2, 0) is 29.2 Å². The fourth-order valence-electron chi connectivity index (χ4n) is 4.38. The number of benzene rings is 1. The molecule has 1 aromatic carbocycles. The number of aryl methyl sites for hydroxylation is 1. The molecular weight excluding hydrogens is 458 g/mol. The van der Waals surface area contributed by atoms with E-state index in [0.717, 1.165) is 40.4 Å². The maximum absolute atomic E-state index is 12.5. The fraction of sp³-hybridized carbons (Fsp3) is 0.462. The van der Waals surface area contributed by atoms with Crippen molar-refractivity contribution in [3.05, 3.63) is 53.5 Å². The van der Waals surface area contributed by atoms with Gasteiger partial charge in [0, 0.05) is 24.2 Å². The van der Waals surface area contributed by atoms with Crippen molar-refractivity contribution in [2.24, 2.45) is 0 Å². The minimum atomic E-state index is -0.194. The van der Waals surface area contributed by atoms with Crippen LogP contribution < -0.4 is 10.6 Å². The van der Waals surface area contributed by atoms with E-state index in [0.29, 0.717) is 38.7 Å². The first-order chi connectivity index (χ1) is 17.2. The number of anilines is 2. The molecule has 4 heterocycles. The zero-order chi connectivity index (χ0) is 25.3. The predicted molar refractivity (Wildman–Crippen MR) is 136 cm³/mol. The number of carbonyl (C=O) groups is 1. The quantitative estimate of drug-likeness (QED) is 0.542. The third-order valence-corrected chi connectivity index (χ3v) is 6.21. The highest BCUT2D eigenvalue weighted by Gasteiger charge is 2.34. The third-order valence-electron chi connectivity index (χ3n) is 6.21. The number of hydrogen-bond donors (Lipinski definition) is 2. The van der Waals surface area contributed by atoms with Crippen LogP contribution in [0.1, 0.15) is 37.6 Å². The summed E-state index contributed by atoms with van der Waals surface area (Å²) in [5.74, 6) is 1.41. The highest BCUT2D eigenvalue weighted by Crippen LogP contribution is 2.24. The van der Waals surface area contributed by atoms with Gasteiger partial charge in [0.15, 0.2) is 5.82 Å². The van der Waals surface area contributed by atoms with E-state index < -0.39 is 0 Å². The van der Waals surface area contributed by atoms with Gasteiger partial charge in [-0.1, -0.05) is 12.1 Å². The summed E-state index contributed by atoms with van der Waals surface area (Å²) in [5, 5.41) is 10.9. The molecule has 2 N–H and O–H groups in total. The Hall–Kier alpha value is -3.50. The summed E-state index contributed by atoms with van der Waals surface area (Å²) in [6, 6.07) is 9.95. The molecule has 5 rings (SSSR count). The number of carbonyl (C=O) groups excluding carboxylic acids is 1. The van der Waals surface area contributed by atoms with Gasteiger partial charge in [0.1, 0.15) is 12.1 Å². The monoisotopic (exact) mass is 491 g/mol. The Labute approximate surface area is 211 Å². The highest BCUT2D eigenvalue weighted by molar-refractivity contribution is 5.75. The summed E-state index contributed by atoms with van der Waals surface area (Å²) in [6.07, 6.45) is 1.65. The molecule has 3 aromatic rings. The fourth-order valence-corrected chi connectivity index (χ4v) is 4.38. The van der Waals surface area contributed by atoms with Crippen molar-refractivity contribution in [2.45, 2.75) is 59.1 Å². The molecule has 0 bridgehead atoms. The maximum Gasteiger partial charge on any atom is 0.317 e. The summed E-state index contributed by atoms with van der Waals surface area (Å²) in [5.41, 5.74) is 4.79. The molecule has 2 amide bonds. The van der Waals surface area contributed by atoms with Crippen molar-refractivity contribution in [3.63, 3.8) is 0 Å². The second kappa shape index (κ2) is 9.87. The van der Waals surface area contributed by atoms with E-state index in [1.165, 1.54) is 0 Å². The van der Waals surface area contributed by atoms with Crippen molar-refractivity contribution in [3.8, 4) is 11.3 Å². The molecule has 0 unspecified atom stereocenters. The number of aromatic nitrogens is 4. The van der Waals surface area contributed by atoms with Crippen LogP contribution >= 0.6 is 0 Å². The van der Waals surface area contributed by atoms with Crippen LogP contribution in [0, 0.1) is 6.92 Å². The number of amides is 2. The van der Waals surface area contributed by atoms with E-state index in [1.54, 1.807) is 11.2 Å². The van der Waals surface area contributed by atoms with Gasteiger partial charge in [0.25, 0.3) is 0 Å². The largest absolute Gasteiger partial charge is 0.373 e. The molecule has 0 atom stereocenters. The maximum atomic E-state index is 12.5. The Morgan fingerprint density at radius 3 is 2.75 bits per heavy atom. The normalized spacial score (nSPS) is 15.8. The molecule has 1 saturated heterocycles. The molecule has 1 fully saturated rings. The van der Waals surface area contributed by atoms with Gasteiger partial charge in [-0.3, -0.25) is 4.68 Å². The second-order valence-electron chi connectivity index (χ2n) is 10.3. The van der Waals surface area contributed by atoms with E-state index in [-0.39, 0.29) is 17.7 Å². The Morgan fingerprint density at radius 2 is 2.00 bits per heavy atom. The number of rotatable bonds is 6. The zero-order valence-corrected chi connectivity index (χ0v) is 21.2. The van der Waals surface area contributed by atoms with Crippen molar-refractivity contribution in [1.82, 2.24) is 30.0 Å². The molecule has 10 heteroatoms. The van der Waals surface area contributed by atoms with Gasteiger partial charge >= 0.3 is 6.03 Å². The number of nitrogens with zero attached hydrogens (tertiary/aromatic N) is 5. The molecule has 0 aliphatic carbocycles. The van der Waals surface area contributed by atoms with E-state index in [9.17, 15) is 4.79 Å². The first-order valence-corrected chi connectivity index (χ1v) is 12.3. The second-order valence-corrected chi connectivity index (χ2v) is 10.3. The van der Waals surface area contributed by atoms with E-state index in [1.807, 2.05) is 56.6 Å².